The van der Waals surface area contributed by atoms with Crippen molar-refractivity contribution in [1.29, 1.82) is 0 Å². The first-order valence-electron chi connectivity index (χ1n) is 6.84. The molecule has 1 heterocycles. The third-order valence-electron chi connectivity index (χ3n) is 3.76. The van der Waals surface area contributed by atoms with Crippen LogP contribution in [-0.4, -0.2) is 35.7 Å². The molecule has 1 aromatic rings. The van der Waals surface area contributed by atoms with Gasteiger partial charge in [-0.15, -0.1) is 0 Å². The highest BCUT2D eigenvalue weighted by molar-refractivity contribution is 5.18. The van der Waals surface area contributed by atoms with E-state index in [2.05, 4.69) is 11.8 Å². The van der Waals surface area contributed by atoms with Crippen molar-refractivity contribution in [3.63, 3.8) is 0 Å². The van der Waals surface area contributed by atoms with Gasteiger partial charge in [0.2, 0.25) is 0 Å². The number of hydrogen-bond acceptors (Lipinski definition) is 2. The summed E-state index contributed by atoms with van der Waals surface area (Å²) in [4.78, 5) is 2.37. The van der Waals surface area contributed by atoms with Crippen LogP contribution in [0, 0.1) is 11.7 Å². The molecule has 1 aliphatic rings. The van der Waals surface area contributed by atoms with Crippen molar-refractivity contribution in [3.05, 3.63) is 35.6 Å². The van der Waals surface area contributed by atoms with Crippen LogP contribution in [0.3, 0.4) is 0 Å². The highest BCUT2D eigenvalue weighted by Crippen LogP contribution is 2.22. The van der Waals surface area contributed by atoms with Gasteiger partial charge in [-0.25, -0.2) is 4.39 Å². The van der Waals surface area contributed by atoms with Gasteiger partial charge in [-0.05, 0) is 37.4 Å². The van der Waals surface area contributed by atoms with Crippen molar-refractivity contribution in [2.75, 3.05) is 19.6 Å². The van der Waals surface area contributed by atoms with Crippen molar-refractivity contribution < 1.29 is 9.50 Å². The zero-order valence-electron chi connectivity index (χ0n) is 11.0. The van der Waals surface area contributed by atoms with E-state index in [1.165, 1.54) is 6.07 Å². The third kappa shape index (κ3) is 3.30. The number of aliphatic hydroxyl groups excluding tert-OH is 1. The Morgan fingerprint density at radius 3 is 2.89 bits per heavy atom. The van der Waals surface area contributed by atoms with E-state index in [9.17, 15) is 9.50 Å². The molecule has 0 aromatic heterocycles. The first kappa shape index (κ1) is 13.5. The second-order valence-corrected chi connectivity index (χ2v) is 5.21. The smallest absolute Gasteiger partial charge is 0.126 e. The number of aliphatic hydroxyl groups is 1. The second-order valence-electron chi connectivity index (χ2n) is 5.21. The predicted molar refractivity (Wildman–Crippen MR) is 70.9 cm³/mol. The molecule has 0 aliphatic carbocycles. The van der Waals surface area contributed by atoms with Crippen LogP contribution in [0.1, 0.15) is 25.3 Å². The average Bonchev–Trinajstić information content (AvgIpc) is 2.36. The zero-order chi connectivity index (χ0) is 13.0. The Morgan fingerprint density at radius 1 is 1.39 bits per heavy atom. The number of halogens is 1. The Bertz CT molecular complexity index is 383. The number of rotatable bonds is 4. The Kier molecular flexibility index (Phi) is 4.72. The third-order valence-corrected chi connectivity index (χ3v) is 3.76. The number of likely N-dealkylation sites (tertiary alicyclic amines) is 1. The lowest BCUT2D eigenvalue weighted by Crippen LogP contribution is -2.44. The Hall–Kier alpha value is -0.930. The quantitative estimate of drug-likeness (QED) is 0.888. The van der Waals surface area contributed by atoms with Gasteiger partial charge in [-0.1, -0.05) is 25.1 Å². The van der Waals surface area contributed by atoms with Crippen LogP contribution in [0.4, 0.5) is 4.39 Å². The molecule has 0 bridgehead atoms. The SMILES string of the molecule is CCCN1CCC(O)C(Cc2ccccc2F)C1. The van der Waals surface area contributed by atoms with E-state index in [4.69, 9.17) is 0 Å². The first-order valence-corrected chi connectivity index (χ1v) is 6.84. The minimum atomic E-state index is -0.294. The number of benzene rings is 1. The largest absolute Gasteiger partial charge is 0.393 e. The summed E-state index contributed by atoms with van der Waals surface area (Å²) in [7, 11) is 0. The van der Waals surface area contributed by atoms with Crippen LogP contribution < -0.4 is 0 Å². The molecule has 2 unspecified atom stereocenters. The molecule has 1 saturated heterocycles. The van der Waals surface area contributed by atoms with Gasteiger partial charge in [-0.2, -0.15) is 0 Å². The molecule has 2 atom stereocenters. The summed E-state index contributed by atoms with van der Waals surface area (Å²) in [5.41, 5.74) is 0.722. The van der Waals surface area contributed by atoms with Gasteiger partial charge < -0.3 is 10.0 Å². The van der Waals surface area contributed by atoms with Crippen LogP contribution in [-0.2, 0) is 6.42 Å². The fourth-order valence-electron chi connectivity index (χ4n) is 2.76. The summed E-state index contributed by atoms with van der Waals surface area (Å²) in [5.74, 6) is -0.000449. The van der Waals surface area contributed by atoms with Crippen LogP contribution >= 0.6 is 0 Å². The van der Waals surface area contributed by atoms with E-state index in [1.54, 1.807) is 6.07 Å². The van der Waals surface area contributed by atoms with Gasteiger partial charge in [-0.3, -0.25) is 0 Å². The molecule has 0 radical (unpaired) electrons. The van der Waals surface area contributed by atoms with Crippen molar-refractivity contribution in [2.24, 2.45) is 5.92 Å². The van der Waals surface area contributed by atoms with Crippen molar-refractivity contribution in [1.82, 2.24) is 4.90 Å². The Labute approximate surface area is 108 Å². The highest BCUT2D eigenvalue weighted by Gasteiger charge is 2.27. The van der Waals surface area contributed by atoms with Crippen LogP contribution in [0.2, 0.25) is 0 Å². The van der Waals surface area contributed by atoms with Gasteiger partial charge in [0.1, 0.15) is 5.82 Å². The van der Waals surface area contributed by atoms with Gasteiger partial charge in [0.25, 0.3) is 0 Å². The summed E-state index contributed by atoms with van der Waals surface area (Å²) < 4.78 is 13.6. The monoisotopic (exact) mass is 251 g/mol. The topological polar surface area (TPSA) is 23.5 Å². The van der Waals surface area contributed by atoms with Gasteiger partial charge in [0.05, 0.1) is 6.10 Å². The van der Waals surface area contributed by atoms with Crippen molar-refractivity contribution >= 4 is 0 Å². The highest BCUT2D eigenvalue weighted by atomic mass is 19.1. The lowest BCUT2D eigenvalue weighted by Gasteiger charge is -2.36. The summed E-state index contributed by atoms with van der Waals surface area (Å²) in [6, 6.07) is 6.88. The average molecular weight is 251 g/mol. The summed E-state index contributed by atoms with van der Waals surface area (Å²) >= 11 is 0. The minimum Gasteiger partial charge on any atom is -0.393 e. The van der Waals surface area contributed by atoms with Crippen LogP contribution in [0.5, 0.6) is 0 Å². The molecule has 100 valence electrons. The van der Waals surface area contributed by atoms with Crippen LogP contribution in [0.15, 0.2) is 24.3 Å². The molecular weight excluding hydrogens is 229 g/mol. The molecule has 2 rings (SSSR count). The number of nitrogens with zero attached hydrogens (tertiary/aromatic N) is 1. The Balaban J connectivity index is 2.00. The molecule has 0 amide bonds. The molecular formula is C15H22FNO. The van der Waals surface area contributed by atoms with Gasteiger partial charge >= 0.3 is 0 Å². The summed E-state index contributed by atoms with van der Waals surface area (Å²) in [6.07, 6.45) is 2.27. The molecule has 18 heavy (non-hydrogen) atoms. The summed E-state index contributed by atoms with van der Waals surface area (Å²) in [6.45, 7) is 5.07. The second kappa shape index (κ2) is 6.30. The lowest BCUT2D eigenvalue weighted by molar-refractivity contribution is 0.0267. The zero-order valence-corrected chi connectivity index (χ0v) is 11.0. The van der Waals surface area contributed by atoms with Crippen molar-refractivity contribution in [3.8, 4) is 0 Å². The lowest BCUT2D eigenvalue weighted by atomic mass is 9.88. The van der Waals surface area contributed by atoms with E-state index in [0.29, 0.717) is 6.42 Å². The summed E-state index contributed by atoms with van der Waals surface area (Å²) in [5, 5.41) is 10.1. The number of piperidine rings is 1. The Morgan fingerprint density at radius 2 is 2.17 bits per heavy atom. The minimum absolute atomic E-state index is 0.155. The van der Waals surface area contributed by atoms with E-state index in [1.807, 2.05) is 12.1 Å². The van der Waals surface area contributed by atoms with Crippen molar-refractivity contribution in [2.45, 2.75) is 32.3 Å². The molecule has 1 fully saturated rings. The van der Waals surface area contributed by atoms with Gasteiger partial charge in [0, 0.05) is 19.0 Å². The first-order chi connectivity index (χ1) is 8.70. The van der Waals surface area contributed by atoms with Gasteiger partial charge in [0.15, 0.2) is 0 Å². The number of hydrogen-bond donors (Lipinski definition) is 1. The standard InChI is InChI=1S/C15H22FNO/c1-2-8-17-9-7-15(18)13(11-17)10-12-5-3-4-6-14(12)16/h3-6,13,15,18H,2,7-11H2,1H3. The molecule has 3 heteroatoms. The van der Waals surface area contributed by atoms with E-state index in [-0.39, 0.29) is 17.8 Å². The van der Waals surface area contributed by atoms with E-state index in [0.717, 1.165) is 38.0 Å². The van der Waals surface area contributed by atoms with E-state index < -0.39 is 0 Å². The molecule has 0 spiro atoms. The molecule has 1 N–H and O–H groups in total. The normalized spacial score (nSPS) is 25.3. The molecule has 2 nitrogen and oxygen atoms in total. The maximum absolute atomic E-state index is 13.6. The maximum atomic E-state index is 13.6. The fourth-order valence-corrected chi connectivity index (χ4v) is 2.76. The molecule has 1 aliphatic heterocycles. The van der Waals surface area contributed by atoms with Crippen LogP contribution in [0.25, 0.3) is 0 Å². The fraction of sp³-hybridized carbons (Fsp3) is 0.600. The predicted octanol–water partition coefficient (Wildman–Crippen LogP) is 2.46. The van der Waals surface area contributed by atoms with E-state index >= 15 is 0 Å². The molecule has 0 saturated carbocycles. The molecule has 1 aromatic carbocycles. The maximum Gasteiger partial charge on any atom is 0.126 e.